The van der Waals surface area contributed by atoms with Crippen LogP contribution in [-0.4, -0.2) is 10.4 Å². The van der Waals surface area contributed by atoms with Crippen molar-refractivity contribution in [1.82, 2.24) is 4.57 Å². The van der Waals surface area contributed by atoms with Crippen LogP contribution in [0.25, 0.3) is 38.7 Å². The third-order valence-corrected chi connectivity index (χ3v) is 6.42. The lowest BCUT2D eigenvalue weighted by Crippen LogP contribution is -2.08. The molecule has 0 spiro atoms. The molecule has 0 atom stereocenters. The van der Waals surface area contributed by atoms with Crippen molar-refractivity contribution in [2.45, 2.75) is 27.7 Å². The second kappa shape index (κ2) is 7.75. The fraction of sp³-hybridized carbons (Fsp3) is 0.143. The molecule has 2 heterocycles. The van der Waals surface area contributed by atoms with Gasteiger partial charge in [-0.3, -0.25) is 9.59 Å². The molecule has 5 heteroatoms. The van der Waals surface area contributed by atoms with Gasteiger partial charge in [-0.25, -0.2) is 0 Å². The Kier molecular flexibility index (Phi) is 4.98. The number of ketones is 1. The Bertz CT molecular complexity index is 1620. The summed E-state index contributed by atoms with van der Waals surface area (Å²) < 4.78 is 8.15. The summed E-state index contributed by atoms with van der Waals surface area (Å²) >= 11 is 6.04. The molecule has 0 saturated carbocycles. The second-order valence-electron chi connectivity index (χ2n) is 8.42. The Hall–Kier alpha value is -3.63. The Morgan fingerprint density at radius 1 is 0.909 bits per heavy atom. The number of aromatic nitrogens is 1. The SMILES string of the molecule is CC(=O)c1c(C)n(-c2ccc(C)cc2)c2cc3c(=O)c(-c4ccc(Cl)cc4)c(C)oc3cc12. The van der Waals surface area contributed by atoms with E-state index in [0.29, 0.717) is 32.9 Å². The van der Waals surface area contributed by atoms with Crippen molar-refractivity contribution in [1.29, 1.82) is 0 Å². The van der Waals surface area contributed by atoms with Gasteiger partial charge in [-0.15, -0.1) is 0 Å². The molecular weight excluding hydrogens is 434 g/mol. The van der Waals surface area contributed by atoms with E-state index in [1.807, 2.05) is 66.9 Å². The molecule has 5 rings (SSSR count). The number of fused-ring (bicyclic) bond motifs is 2. The van der Waals surface area contributed by atoms with Crippen molar-refractivity contribution < 1.29 is 9.21 Å². The highest BCUT2D eigenvalue weighted by Crippen LogP contribution is 2.34. The Morgan fingerprint density at radius 2 is 1.58 bits per heavy atom. The summed E-state index contributed by atoms with van der Waals surface area (Å²) in [4.78, 5) is 26.2. The summed E-state index contributed by atoms with van der Waals surface area (Å²) in [5, 5.41) is 1.85. The van der Waals surface area contributed by atoms with Crippen LogP contribution in [0.1, 0.15) is 34.3 Å². The summed E-state index contributed by atoms with van der Waals surface area (Å²) in [5.41, 5.74) is 5.96. The van der Waals surface area contributed by atoms with E-state index in [1.54, 1.807) is 26.0 Å². The number of Topliss-reactive ketones (excluding diaryl/α,β-unsaturated/α-hetero) is 1. The molecule has 0 unspecified atom stereocenters. The summed E-state index contributed by atoms with van der Waals surface area (Å²) in [6.45, 7) is 7.31. The van der Waals surface area contributed by atoms with Crippen molar-refractivity contribution in [3.63, 3.8) is 0 Å². The largest absolute Gasteiger partial charge is 0.460 e. The third-order valence-electron chi connectivity index (χ3n) is 6.17. The molecule has 2 aromatic heterocycles. The lowest BCUT2D eigenvalue weighted by atomic mass is 10.0. The number of carbonyl (C=O) groups excluding carboxylic acids is 1. The van der Waals surface area contributed by atoms with Crippen LogP contribution in [0.15, 0.2) is 69.9 Å². The van der Waals surface area contributed by atoms with Gasteiger partial charge in [-0.05, 0) is 69.7 Å². The van der Waals surface area contributed by atoms with Crippen LogP contribution in [0.3, 0.4) is 0 Å². The van der Waals surface area contributed by atoms with Crippen molar-refractivity contribution in [3.8, 4) is 16.8 Å². The van der Waals surface area contributed by atoms with Gasteiger partial charge in [0.25, 0.3) is 0 Å². The van der Waals surface area contributed by atoms with Crippen LogP contribution < -0.4 is 5.43 Å². The van der Waals surface area contributed by atoms with Gasteiger partial charge in [0.05, 0.1) is 16.5 Å². The Balaban J connectivity index is 1.88. The molecule has 0 radical (unpaired) electrons. The highest BCUT2D eigenvalue weighted by molar-refractivity contribution is 6.30. The fourth-order valence-corrected chi connectivity index (χ4v) is 4.76. The highest BCUT2D eigenvalue weighted by Gasteiger charge is 2.22. The van der Waals surface area contributed by atoms with Crippen molar-refractivity contribution in [3.05, 3.63) is 98.5 Å². The van der Waals surface area contributed by atoms with Gasteiger partial charge in [0, 0.05) is 27.4 Å². The number of halogens is 1. The zero-order chi connectivity index (χ0) is 23.4. The summed E-state index contributed by atoms with van der Waals surface area (Å²) in [5.74, 6) is 0.493. The van der Waals surface area contributed by atoms with E-state index < -0.39 is 0 Å². The molecule has 164 valence electrons. The van der Waals surface area contributed by atoms with Gasteiger partial charge < -0.3 is 8.98 Å². The minimum absolute atomic E-state index is 0.0282. The van der Waals surface area contributed by atoms with Gasteiger partial charge in [0.1, 0.15) is 11.3 Å². The number of benzene rings is 3. The zero-order valence-corrected chi connectivity index (χ0v) is 19.6. The van der Waals surface area contributed by atoms with E-state index >= 15 is 0 Å². The molecule has 0 aliphatic heterocycles. The van der Waals surface area contributed by atoms with Crippen molar-refractivity contribution >= 4 is 39.3 Å². The predicted octanol–water partition coefficient (Wildman–Crippen LogP) is 7.19. The van der Waals surface area contributed by atoms with Gasteiger partial charge >= 0.3 is 0 Å². The minimum atomic E-state index is -0.114. The van der Waals surface area contributed by atoms with E-state index in [9.17, 15) is 9.59 Å². The van der Waals surface area contributed by atoms with Crippen LogP contribution in [0, 0.1) is 20.8 Å². The summed E-state index contributed by atoms with van der Waals surface area (Å²) in [7, 11) is 0. The molecule has 0 saturated heterocycles. The number of hydrogen-bond acceptors (Lipinski definition) is 3. The standard InChI is InChI=1S/C28H22ClNO3/c1-15-5-11-21(12-6-15)30-16(2)26(17(3)31)22-14-25-23(13-24(22)30)28(32)27(18(4)33-25)19-7-9-20(29)10-8-19/h5-14H,1-4H3. The first-order valence-electron chi connectivity index (χ1n) is 10.7. The number of aryl methyl sites for hydroxylation is 2. The second-order valence-corrected chi connectivity index (χ2v) is 8.86. The quantitative estimate of drug-likeness (QED) is 0.270. The van der Waals surface area contributed by atoms with Crippen LogP contribution >= 0.6 is 11.6 Å². The van der Waals surface area contributed by atoms with Crippen LogP contribution in [-0.2, 0) is 0 Å². The van der Waals surface area contributed by atoms with E-state index in [1.165, 1.54) is 0 Å². The molecule has 3 aromatic carbocycles. The maximum absolute atomic E-state index is 13.6. The number of carbonyl (C=O) groups is 1. The zero-order valence-electron chi connectivity index (χ0n) is 18.8. The molecule has 33 heavy (non-hydrogen) atoms. The predicted molar refractivity (Wildman–Crippen MR) is 134 cm³/mol. The maximum atomic E-state index is 13.6. The summed E-state index contributed by atoms with van der Waals surface area (Å²) in [6.07, 6.45) is 0. The fourth-order valence-electron chi connectivity index (χ4n) is 4.64. The van der Waals surface area contributed by atoms with Crippen molar-refractivity contribution in [2.24, 2.45) is 0 Å². The van der Waals surface area contributed by atoms with Gasteiger partial charge in [0.15, 0.2) is 5.78 Å². The van der Waals surface area contributed by atoms with Crippen molar-refractivity contribution in [2.75, 3.05) is 0 Å². The van der Waals surface area contributed by atoms with Gasteiger partial charge in [0.2, 0.25) is 5.43 Å². The first kappa shape index (κ1) is 21.2. The minimum Gasteiger partial charge on any atom is -0.460 e. The number of nitrogens with zero attached hydrogens (tertiary/aromatic N) is 1. The molecule has 5 aromatic rings. The van der Waals surface area contributed by atoms with E-state index in [0.717, 1.165) is 33.4 Å². The maximum Gasteiger partial charge on any atom is 0.200 e. The van der Waals surface area contributed by atoms with E-state index in [4.69, 9.17) is 16.0 Å². The number of hydrogen-bond donors (Lipinski definition) is 0. The van der Waals surface area contributed by atoms with Crippen LogP contribution in [0.5, 0.6) is 0 Å². The molecule has 0 fully saturated rings. The normalized spacial score (nSPS) is 11.4. The molecule has 0 amide bonds. The molecule has 0 aliphatic carbocycles. The average molecular weight is 456 g/mol. The average Bonchev–Trinajstić information content (AvgIpc) is 3.05. The van der Waals surface area contributed by atoms with E-state index in [2.05, 4.69) is 0 Å². The van der Waals surface area contributed by atoms with Gasteiger partial charge in [-0.2, -0.15) is 0 Å². The number of rotatable bonds is 3. The Labute approximate surface area is 196 Å². The Morgan fingerprint density at radius 3 is 2.21 bits per heavy atom. The molecule has 0 aliphatic rings. The lowest BCUT2D eigenvalue weighted by Gasteiger charge is -2.10. The van der Waals surface area contributed by atoms with Crippen LogP contribution in [0.2, 0.25) is 5.02 Å². The molecular formula is C28H22ClNO3. The first-order valence-corrected chi connectivity index (χ1v) is 11.1. The third kappa shape index (κ3) is 3.38. The molecule has 0 N–H and O–H groups in total. The highest BCUT2D eigenvalue weighted by atomic mass is 35.5. The molecule has 4 nitrogen and oxygen atoms in total. The van der Waals surface area contributed by atoms with Crippen LogP contribution in [0.4, 0.5) is 0 Å². The van der Waals surface area contributed by atoms with E-state index in [-0.39, 0.29) is 11.2 Å². The first-order chi connectivity index (χ1) is 15.8. The smallest absolute Gasteiger partial charge is 0.200 e. The topological polar surface area (TPSA) is 52.2 Å². The monoisotopic (exact) mass is 455 g/mol. The summed E-state index contributed by atoms with van der Waals surface area (Å²) in [6, 6.07) is 18.9. The lowest BCUT2D eigenvalue weighted by molar-refractivity contribution is 0.101. The van der Waals surface area contributed by atoms with Gasteiger partial charge in [-0.1, -0.05) is 41.4 Å². The molecule has 0 bridgehead atoms.